The van der Waals surface area contributed by atoms with E-state index in [-0.39, 0.29) is 11.4 Å². The van der Waals surface area contributed by atoms with Gasteiger partial charge >= 0.3 is 0 Å². The van der Waals surface area contributed by atoms with E-state index in [1.54, 1.807) is 23.8 Å². The van der Waals surface area contributed by atoms with Gasteiger partial charge in [-0.1, -0.05) is 29.8 Å². The number of hydrogen-bond acceptors (Lipinski definition) is 9. The van der Waals surface area contributed by atoms with Crippen LogP contribution in [-0.2, 0) is 11.2 Å². The Morgan fingerprint density at radius 1 is 1.12 bits per heavy atom. The van der Waals surface area contributed by atoms with E-state index in [9.17, 15) is 4.79 Å². The van der Waals surface area contributed by atoms with Crippen molar-refractivity contribution in [3.05, 3.63) is 46.9 Å². The summed E-state index contributed by atoms with van der Waals surface area (Å²) in [6.45, 7) is 10.9. The van der Waals surface area contributed by atoms with Gasteiger partial charge in [0.05, 0.1) is 24.3 Å². The van der Waals surface area contributed by atoms with Gasteiger partial charge in [-0.3, -0.25) is 9.69 Å². The molecule has 0 bridgehead atoms. The van der Waals surface area contributed by atoms with Crippen LogP contribution < -0.4 is 14.8 Å². The second kappa shape index (κ2) is 11.9. The number of halogens is 2. The molecule has 1 aliphatic rings. The molecular formula is C29H34Cl2N8O3. The minimum atomic E-state index is -0.161. The molecule has 222 valence electrons. The van der Waals surface area contributed by atoms with Crippen LogP contribution in [0.3, 0.4) is 0 Å². The highest BCUT2D eigenvalue weighted by atomic mass is 35.5. The molecule has 1 aliphatic heterocycles. The number of nitrogens with one attached hydrogen (secondary N) is 1. The first-order valence-electron chi connectivity index (χ1n) is 13.6. The minimum absolute atomic E-state index is 0.0289. The Hall–Kier alpha value is -3.67. The Morgan fingerprint density at radius 2 is 1.83 bits per heavy atom. The van der Waals surface area contributed by atoms with Crippen molar-refractivity contribution in [1.82, 2.24) is 34.4 Å². The smallest absolute Gasteiger partial charge is 0.246 e. The van der Waals surface area contributed by atoms with E-state index >= 15 is 0 Å². The molecule has 0 radical (unpaired) electrons. The highest BCUT2D eigenvalue weighted by Crippen LogP contribution is 2.47. The van der Waals surface area contributed by atoms with Crippen molar-refractivity contribution < 1.29 is 14.3 Å². The lowest BCUT2D eigenvalue weighted by molar-refractivity contribution is -0.131. The molecule has 0 spiro atoms. The van der Waals surface area contributed by atoms with E-state index in [0.717, 1.165) is 24.9 Å². The average molecular weight is 614 g/mol. The van der Waals surface area contributed by atoms with E-state index in [2.05, 4.69) is 40.6 Å². The molecule has 13 heteroatoms. The maximum atomic E-state index is 12.1. The molecule has 42 heavy (non-hydrogen) atoms. The summed E-state index contributed by atoms with van der Waals surface area (Å²) in [7, 11) is 4.83. The zero-order chi connectivity index (χ0) is 30.2. The third-order valence-electron chi connectivity index (χ3n) is 7.64. The van der Waals surface area contributed by atoms with Crippen molar-refractivity contribution in [2.45, 2.75) is 32.2 Å². The number of piperazine rings is 1. The quantitative estimate of drug-likeness (QED) is 0.268. The van der Waals surface area contributed by atoms with Crippen LogP contribution in [0.2, 0.25) is 10.0 Å². The first-order valence-corrected chi connectivity index (χ1v) is 14.4. The van der Waals surface area contributed by atoms with Gasteiger partial charge in [0, 0.05) is 67.4 Å². The zero-order valence-electron chi connectivity index (χ0n) is 24.4. The number of rotatable bonds is 9. The summed E-state index contributed by atoms with van der Waals surface area (Å²) in [5.74, 6) is 1.94. The number of amides is 1. The Morgan fingerprint density at radius 3 is 2.45 bits per heavy atom. The molecule has 1 fully saturated rings. The van der Waals surface area contributed by atoms with E-state index in [1.165, 1.54) is 20.3 Å². The SMILES string of the molecule is C=CC(=O)N1CCN(CCCc2nc3c(-c4c(Cl)c(OC)cc(OC)c4Cl)cc4cnc(NC)nc4n3n2)C(C)(C)C1. The molecule has 0 unspecified atom stereocenters. The fraction of sp³-hybridized carbons (Fsp3) is 0.414. The maximum Gasteiger partial charge on any atom is 0.246 e. The average Bonchev–Trinajstić information content (AvgIpc) is 3.42. The number of benzene rings is 1. The zero-order valence-corrected chi connectivity index (χ0v) is 25.9. The van der Waals surface area contributed by atoms with Gasteiger partial charge in [0.2, 0.25) is 11.9 Å². The van der Waals surface area contributed by atoms with Gasteiger partial charge < -0.3 is 19.7 Å². The molecule has 5 rings (SSSR count). The summed E-state index contributed by atoms with van der Waals surface area (Å²) < 4.78 is 12.7. The summed E-state index contributed by atoms with van der Waals surface area (Å²) in [5.41, 5.74) is 2.16. The van der Waals surface area contributed by atoms with Gasteiger partial charge in [-0.05, 0) is 39.0 Å². The number of methoxy groups -OCH3 is 2. The van der Waals surface area contributed by atoms with Crippen LogP contribution in [0.5, 0.6) is 11.5 Å². The summed E-state index contributed by atoms with van der Waals surface area (Å²) >= 11 is 13.6. The van der Waals surface area contributed by atoms with Crippen molar-refractivity contribution >= 4 is 51.7 Å². The number of nitrogens with zero attached hydrogens (tertiary/aromatic N) is 7. The van der Waals surface area contributed by atoms with Crippen LogP contribution in [-0.4, -0.2) is 93.3 Å². The number of fused-ring (bicyclic) bond motifs is 3. The molecule has 4 aromatic rings. The number of aryl methyl sites for hydroxylation is 1. The Bertz CT molecular complexity index is 1640. The van der Waals surface area contributed by atoms with Crippen molar-refractivity contribution in [2.75, 3.05) is 52.8 Å². The summed E-state index contributed by atoms with van der Waals surface area (Å²) in [5, 5.41) is 9.25. The number of carbonyl (C=O) groups is 1. The van der Waals surface area contributed by atoms with Crippen LogP contribution in [0.4, 0.5) is 5.95 Å². The number of hydrogen-bond donors (Lipinski definition) is 1. The molecular weight excluding hydrogens is 579 g/mol. The Labute approximate surface area is 254 Å². The second-order valence-electron chi connectivity index (χ2n) is 10.7. The van der Waals surface area contributed by atoms with Gasteiger partial charge in [-0.15, -0.1) is 5.10 Å². The lowest BCUT2D eigenvalue weighted by atomic mass is 9.98. The number of carbonyl (C=O) groups excluding carboxylic acids is 1. The highest BCUT2D eigenvalue weighted by molar-refractivity contribution is 6.41. The molecule has 11 nitrogen and oxygen atoms in total. The fourth-order valence-electron chi connectivity index (χ4n) is 5.43. The van der Waals surface area contributed by atoms with Crippen LogP contribution >= 0.6 is 23.2 Å². The van der Waals surface area contributed by atoms with Gasteiger partial charge in [-0.2, -0.15) is 9.50 Å². The monoisotopic (exact) mass is 612 g/mol. The van der Waals surface area contributed by atoms with Crippen LogP contribution in [0.15, 0.2) is 31.0 Å². The standard InChI is InChI=1S/C29H34Cl2N8O3/c1-7-22(40)37-11-12-38(29(2,3)16-37)10-8-9-21-34-27-18(23-24(30)19(41-5)14-20(42-6)25(23)31)13-17-15-33-28(32-4)35-26(17)39(27)36-21/h7,13-15H,1,8-12,16H2,2-6H3,(H,32,33,35). The normalized spacial score (nSPS) is 15.3. The van der Waals surface area contributed by atoms with Gasteiger partial charge in [0.15, 0.2) is 17.1 Å². The van der Waals surface area contributed by atoms with Crippen molar-refractivity contribution in [3.8, 4) is 22.6 Å². The number of ether oxygens (including phenoxy) is 2. The van der Waals surface area contributed by atoms with Crippen LogP contribution in [0.1, 0.15) is 26.1 Å². The molecule has 1 N–H and O–H groups in total. The molecule has 1 aromatic carbocycles. The lowest BCUT2D eigenvalue weighted by Gasteiger charge is -2.47. The van der Waals surface area contributed by atoms with Gasteiger partial charge in [-0.25, -0.2) is 9.97 Å². The fourth-order valence-corrected chi connectivity index (χ4v) is 6.14. The topological polar surface area (TPSA) is 110 Å². The first kappa shape index (κ1) is 29.8. The molecule has 4 heterocycles. The third-order valence-corrected chi connectivity index (χ3v) is 8.39. The van der Waals surface area contributed by atoms with Gasteiger partial charge in [0.1, 0.15) is 11.5 Å². The molecule has 0 aliphatic carbocycles. The highest BCUT2D eigenvalue weighted by Gasteiger charge is 2.34. The molecule has 1 saturated heterocycles. The number of anilines is 1. The van der Waals surface area contributed by atoms with Crippen LogP contribution in [0, 0.1) is 0 Å². The Balaban J connectivity index is 1.52. The second-order valence-corrected chi connectivity index (χ2v) is 11.5. The van der Waals surface area contributed by atoms with E-state index in [4.69, 9.17) is 42.8 Å². The predicted octanol–water partition coefficient (Wildman–Crippen LogP) is 4.75. The predicted molar refractivity (Wildman–Crippen MR) is 165 cm³/mol. The minimum Gasteiger partial charge on any atom is -0.495 e. The van der Waals surface area contributed by atoms with E-state index < -0.39 is 0 Å². The lowest BCUT2D eigenvalue weighted by Crippen LogP contribution is -2.60. The summed E-state index contributed by atoms with van der Waals surface area (Å²) in [6.07, 6.45) is 4.56. The van der Waals surface area contributed by atoms with Crippen molar-refractivity contribution in [3.63, 3.8) is 0 Å². The van der Waals surface area contributed by atoms with Crippen molar-refractivity contribution in [2.24, 2.45) is 0 Å². The number of aromatic nitrogens is 5. The van der Waals surface area contributed by atoms with Crippen molar-refractivity contribution in [1.29, 1.82) is 0 Å². The summed E-state index contributed by atoms with van der Waals surface area (Å²) in [4.78, 5) is 30.4. The third kappa shape index (κ3) is 5.44. The summed E-state index contributed by atoms with van der Waals surface area (Å²) in [6, 6.07) is 3.56. The largest absolute Gasteiger partial charge is 0.495 e. The maximum absolute atomic E-state index is 12.1. The van der Waals surface area contributed by atoms with E-state index in [0.29, 0.717) is 75.2 Å². The number of pyridine rings is 1. The first-order chi connectivity index (χ1) is 20.1. The van der Waals surface area contributed by atoms with Crippen LogP contribution in [0.25, 0.3) is 27.8 Å². The van der Waals surface area contributed by atoms with Gasteiger partial charge in [0.25, 0.3) is 0 Å². The molecule has 1 amide bonds. The Kier molecular flexibility index (Phi) is 8.45. The molecule has 0 atom stereocenters. The van der Waals surface area contributed by atoms with E-state index in [1.807, 2.05) is 11.0 Å². The molecule has 0 saturated carbocycles. The molecule has 3 aromatic heterocycles.